The Morgan fingerprint density at radius 2 is 1.93 bits per heavy atom. The Bertz CT molecular complexity index is 797. The highest BCUT2D eigenvalue weighted by Crippen LogP contribution is 2.18. The normalized spacial score (nSPS) is 15.6. The molecule has 1 amide bonds. The van der Waals surface area contributed by atoms with Crippen molar-refractivity contribution in [2.24, 2.45) is 0 Å². The smallest absolute Gasteiger partial charge is 0.338 e. The van der Waals surface area contributed by atoms with Crippen LogP contribution in [0.25, 0.3) is 0 Å². The molecule has 7 heteroatoms. The van der Waals surface area contributed by atoms with E-state index in [2.05, 4.69) is 10.3 Å². The van der Waals surface area contributed by atoms with Gasteiger partial charge in [-0.15, -0.1) is 11.3 Å². The summed E-state index contributed by atoms with van der Waals surface area (Å²) in [6.45, 7) is 3.93. The molecule has 1 aliphatic rings. The first-order valence-corrected chi connectivity index (χ1v) is 10.5. The molecule has 1 aromatic carbocycles. The summed E-state index contributed by atoms with van der Waals surface area (Å²) in [5.41, 5.74) is 1.26. The van der Waals surface area contributed by atoms with Gasteiger partial charge in [-0.3, -0.25) is 4.79 Å². The highest BCUT2D eigenvalue weighted by Gasteiger charge is 2.22. The summed E-state index contributed by atoms with van der Waals surface area (Å²) in [6, 6.07) is 6.89. The van der Waals surface area contributed by atoms with Crippen LogP contribution in [0.5, 0.6) is 5.75 Å². The van der Waals surface area contributed by atoms with Crippen molar-refractivity contribution in [3.8, 4) is 5.75 Å². The van der Waals surface area contributed by atoms with E-state index in [1.165, 1.54) is 6.42 Å². The van der Waals surface area contributed by atoms with Gasteiger partial charge in [0.1, 0.15) is 12.4 Å². The molecule has 1 fully saturated rings. The number of aromatic nitrogens is 1. The van der Waals surface area contributed by atoms with Gasteiger partial charge < -0.3 is 14.8 Å². The molecule has 1 atom stereocenters. The molecule has 1 aliphatic carbocycles. The largest absolute Gasteiger partial charge is 0.487 e. The maximum absolute atomic E-state index is 12.3. The van der Waals surface area contributed by atoms with Crippen molar-refractivity contribution >= 4 is 23.2 Å². The summed E-state index contributed by atoms with van der Waals surface area (Å²) in [4.78, 5) is 28.9. The third-order valence-corrected chi connectivity index (χ3v) is 5.57. The predicted molar refractivity (Wildman–Crippen MR) is 108 cm³/mol. The van der Waals surface area contributed by atoms with Crippen molar-refractivity contribution < 1.29 is 19.1 Å². The van der Waals surface area contributed by atoms with Crippen molar-refractivity contribution in [3.63, 3.8) is 0 Å². The van der Waals surface area contributed by atoms with Crippen molar-refractivity contribution in [1.29, 1.82) is 0 Å². The van der Waals surface area contributed by atoms with Gasteiger partial charge in [0, 0.05) is 11.4 Å². The Hall–Kier alpha value is -2.41. The third-order valence-electron chi connectivity index (χ3n) is 4.75. The SMILES string of the molecule is Cc1nc(COc2ccc(C(=O)O[C@H](C)C(=O)NC3CCCCC3)cc2)cs1. The quantitative estimate of drug-likeness (QED) is 0.708. The molecule has 28 heavy (non-hydrogen) atoms. The van der Waals surface area contributed by atoms with Gasteiger partial charge in [-0.25, -0.2) is 9.78 Å². The third kappa shape index (κ3) is 5.79. The number of esters is 1. The molecule has 2 aromatic rings. The van der Waals surface area contributed by atoms with Gasteiger partial charge in [-0.05, 0) is 51.0 Å². The standard InChI is InChI=1S/C21H26N2O4S/c1-14(20(24)23-17-6-4-3-5-7-17)27-21(25)16-8-10-19(11-9-16)26-12-18-13-28-15(2)22-18/h8-11,13-14,17H,3-7,12H2,1-2H3,(H,23,24)/t14-/m1/s1. The van der Waals surface area contributed by atoms with Crippen LogP contribution in [0.1, 0.15) is 60.1 Å². The second-order valence-corrected chi connectivity index (χ2v) is 8.12. The van der Waals surface area contributed by atoms with Crippen molar-refractivity contribution in [1.82, 2.24) is 10.3 Å². The highest BCUT2D eigenvalue weighted by molar-refractivity contribution is 7.09. The number of amides is 1. The second kappa shape index (κ2) is 9.68. The molecule has 0 radical (unpaired) electrons. The summed E-state index contributed by atoms with van der Waals surface area (Å²) in [5, 5.41) is 5.93. The number of aryl methyl sites for hydroxylation is 1. The number of nitrogens with one attached hydrogen (secondary N) is 1. The number of carbonyl (C=O) groups is 2. The number of thiazole rings is 1. The summed E-state index contributed by atoms with van der Waals surface area (Å²) >= 11 is 1.58. The van der Waals surface area contributed by atoms with Crippen molar-refractivity contribution in [2.45, 2.75) is 64.7 Å². The van der Waals surface area contributed by atoms with E-state index in [0.717, 1.165) is 36.4 Å². The minimum absolute atomic E-state index is 0.195. The lowest BCUT2D eigenvalue weighted by atomic mass is 9.95. The van der Waals surface area contributed by atoms with Gasteiger partial charge in [0.05, 0.1) is 16.3 Å². The summed E-state index contributed by atoms with van der Waals surface area (Å²) < 4.78 is 11.0. The second-order valence-electron chi connectivity index (χ2n) is 7.06. The average molecular weight is 403 g/mol. The van der Waals surface area contributed by atoms with Crippen LogP contribution < -0.4 is 10.1 Å². The molecule has 0 unspecified atom stereocenters. The van der Waals surface area contributed by atoms with E-state index in [1.807, 2.05) is 12.3 Å². The molecular formula is C21H26N2O4S. The van der Waals surface area contributed by atoms with Crippen LogP contribution >= 0.6 is 11.3 Å². The zero-order valence-electron chi connectivity index (χ0n) is 16.3. The van der Waals surface area contributed by atoms with E-state index in [-0.39, 0.29) is 11.9 Å². The number of hydrogen-bond donors (Lipinski definition) is 1. The Labute approximate surface area is 169 Å². The van der Waals surface area contributed by atoms with Gasteiger partial charge in [-0.1, -0.05) is 19.3 Å². The van der Waals surface area contributed by atoms with Gasteiger partial charge in [0.25, 0.3) is 5.91 Å². The van der Waals surface area contributed by atoms with Gasteiger partial charge in [-0.2, -0.15) is 0 Å². The Morgan fingerprint density at radius 3 is 2.57 bits per heavy atom. The Morgan fingerprint density at radius 1 is 1.21 bits per heavy atom. The number of benzene rings is 1. The molecule has 0 aliphatic heterocycles. The fraction of sp³-hybridized carbons (Fsp3) is 0.476. The molecular weight excluding hydrogens is 376 g/mol. The maximum Gasteiger partial charge on any atom is 0.338 e. The zero-order valence-corrected chi connectivity index (χ0v) is 17.1. The van der Waals surface area contributed by atoms with Crippen molar-refractivity contribution in [3.05, 3.63) is 45.9 Å². The maximum atomic E-state index is 12.3. The fourth-order valence-electron chi connectivity index (χ4n) is 3.17. The molecule has 0 saturated heterocycles. The van der Waals surface area contributed by atoms with Crippen molar-refractivity contribution in [2.75, 3.05) is 0 Å². The van der Waals surface area contributed by atoms with Crippen LogP contribution in [0.15, 0.2) is 29.6 Å². The molecule has 0 bridgehead atoms. The number of rotatable bonds is 7. The van der Waals surface area contributed by atoms with Crippen LogP contribution in [0.4, 0.5) is 0 Å². The molecule has 6 nitrogen and oxygen atoms in total. The molecule has 1 aromatic heterocycles. The number of hydrogen-bond acceptors (Lipinski definition) is 6. The summed E-state index contributed by atoms with van der Waals surface area (Å²) in [7, 11) is 0. The van der Waals surface area contributed by atoms with E-state index < -0.39 is 12.1 Å². The topological polar surface area (TPSA) is 77.5 Å². The molecule has 1 heterocycles. The number of carbonyl (C=O) groups excluding carboxylic acids is 2. The first-order valence-electron chi connectivity index (χ1n) is 9.66. The first kappa shape index (κ1) is 20.3. The van der Waals surface area contributed by atoms with Gasteiger partial charge >= 0.3 is 5.97 Å². The van der Waals surface area contributed by atoms with E-state index in [4.69, 9.17) is 9.47 Å². The summed E-state index contributed by atoms with van der Waals surface area (Å²) in [6.07, 6.45) is 4.66. The van der Waals surface area contributed by atoms with E-state index in [0.29, 0.717) is 17.9 Å². The van der Waals surface area contributed by atoms with Crippen LogP contribution in [0.2, 0.25) is 0 Å². The lowest BCUT2D eigenvalue weighted by Crippen LogP contribution is -2.42. The lowest BCUT2D eigenvalue weighted by Gasteiger charge is -2.24. The highest BCUT2D eigenvalue weighted by atomic mass is 32.1. The van der Waals surface area contributed by atoms with Crippen LogP contribution in [0.3, 0.4) is 0 Å². The average Bonchev–Trinajstić information content (AvgIpc) is 3.12. The number of nitrogens with zero attached hydrogens (tertiary/aromatic N) is 1. The predicted octanol–water partition coefficient (Wildman–Crippen LogP) is 4.02. The Balaban J connectivity index is 1.47. The molecule has 1 saturated carbocycles. The first-order chi connectivity index (χ1) is 13.5. The van der Waals surface area contributed by atoms with Crippen LogP contribution in [0, 0.1) is 6.92 Å². The van der Waals surface area contributed by atoms with E-state index in [1.54, 1.807) is 42.5 Å². The number of ether oxygens (including phenoxy) is 2. The molecule has 0 spiro atoms. The Kier molecular flexibility index (Phi) is 7.03. The fourth-order valence-corrected chi connectivity index (χ4v) is 3.76. The van der Waals surface area contributed by atoms with Gasteiger partial charge in [0.15, 0.2) is 6.10 Å². The summed E-state index contributed by atoms with van der Waals surface area (Å²) in [5.74, 6) is -0.114. The zero-order chi connectivity index (χ0) is 19.9. The molecule has 150 valence electrons. The minimum atomic E-state index is -0.821. The van der Waals surface area contributed by atoms with Crippen LogP contribution in [-0.2, 0) is 16.1 Å². The monoisotopic (exact) mass is 402 g/mol. The lowest BCUT2D eigenvalue weighted by molar-refractivity contribution is -0.130. The minimum Gasteiger partial charge on any atom is -0.487 e. The van der Waals surface area contributed by atoms with Crippen LogP contribution in [-0.4, -0.2) is 29.0 Å². The molecule has 3 rings (SSSR count). The van der Waals surface area contributed by atoms with E-state index in [9.17, 15) is 9.59 Å². The van der Waals surface area contributed by atoms with Gasteiger partial charge in [0.2, 0.25) is 0 Å². The van der Waals surface area contributed by atoms with E-state index >= 15 is 0 Å². The molecule has 1 N–H and O–H groups in total.